The molecule has 0 aliphatic carbocycles. The molecule has 2 aromatic rings. The lowest BCUT2D eigenvalue weighted by Gasteiger charge is -2.04. The second-order valence-corrected chi connectivity index (χ2v) is 4.07. The molecule has 1 N–H and O–H groups in total. The van der Waals surface area contributed by atoms with Crippen LogP contribution in [0.5, 0.6) is 0 Å². The maximum atomic E-state index is 4.28. The van der Waals surface area contributed by atoms with E-state index in [2.05, 4.69) is 25.9 Å². The molecule has 0 radical (unpaired) electrons. The molecule has 4 heteroatoms. The highest BCUT2D eigenvalue weighted by molar-refractivity contribution is 5.08. The molecule has 0 amide bonds. The first-order valence-corrected chi connectivity index (χ1v) is 5.92. The van der Waals surface area contributed by atoms with Crippen LogP contribution in [0.3, 0.4) is 0 Å². The van der Waals surface area contributed by atoms with Gasteiger partial charge in [0.1, 0.15) is 5.82 Å². The number of aryl methyl sites for hydroxylation is 1. The van der Waals surface area contributed by atoms with Crippen molar-refractivity contribution in [3.8, 4) is 0 Å². The van der Waals surface area contributed by atoms with E-state index in [0.29, 0.717) is 0 Å². The standard InChI is InChI=1S/C13H18N4/c1-17-10-9-16-13(17)5-8-14-7-4-12-3-2-6-15-11-12/h2-3,6,9-11,14H,4-5,7-8H2,1H3. The third-order valence-electron chi connectivity index (χ3n) is 2.76. The van der Waals surface area contributed by atoms with Gasteiger partial charge in [-0.1, -0.05) is 6.07 Å². The van der Waals surface area contributed by atoms with Gasteiger partial charge in [0.15, 0.2) is 0 Å². The number of nitrogens with one attached hydrogen (secondary N) is 1. The van der Waals surface area contributed by atoms with Crippen molar-refractivity contribution >= 4 is 0 Å². The van der Waals surface area contributed by atoms with Crippen LogP contribution >= 0.6 is 0 Å². The largest absolute Gasteiger partial charge is 0.338 e. The van der Waals surface area contributed by atoms with Crippen molar-refractivity contribution in [3.63, 3.8) is 0 Å². The molecule has 0 saturated carbocycles. The minimum atomic E-state index is 0.963. The molecule has 0 fully saturated rings. The zero-order valence-electron chi connectivity index (χ0n) is 10.1. The molecule has 90 valence electrons. The van der Waals surface area contributed by atoms with Crippen LogP contribution in [0.4, 0.5) is 0 Å². The summed E-state index contributed by atoms with van der Waals surface area (Å²) >= 11 is 0. The topological polar surface area (TPSA) is 42.7 Å². The van der Waals surface area contributed by atoms with E-state index in [0.717, 1.165) is 31.8 Å². The molecule has 0 aliphatic heterocycles. The number of hydrogen-bond acceptors (Lipinski definition) is 3. The Labute approximate surface area is 102 Å². The van der Waals surface area contributed by atoms with Crippen molar-refractivity contribution in [1.82, 2.24) is 19.9 Å². The number of hydrogen-bond donors (Lipinski definition) is 1. The van der Waals surface area contributed by atoms with Gasteiger partial charge in [-0.25, -0.2) is 4.98 Å². The number of nitrogens with zero attached hydrogens (tertiary/aromatic N) is 3. The van der Waals surface area contributed by atoms with Crippen LogP contribution in [-0.2, 0) is 19.9 Å². The van der Waals surface area contributed by atoms with E-state index in [1.165, 1.54) is 5.56 Å². The first kappa shape index (κ1) is 11.8. The van der Waals surface area contributed by atoms with Gasteiger partial charge in [0.2, 0.25) is 0 Å². The van der Waals surface area contributed by atoms with Crippen LogP contribution in [0.15, 0.2) is 36.9 Å². The normalized spacial score (nSPS) is 10.6. The molecule has 2 heterocycles. The van der Waals surface area contributed by atoms with E-state index in [-0.39, 0.29) is 0 Å². The third kappa shape index (κ3) is 3.67. The summed E-state index contributed by atoms with van der Waals surface area (Å²) in [6.45, 7) is 1.95. The van der Waals surface area contributed by atoms with Crippen LogP contribution in [0.1, 0.15) is 11.4 Å². The van der Waals surface area contributed by atoms with Gasteiger partial charge in [0.05, 0.1) is 0 Å². The Morgan fingerprint density at radius 3 is 2.82 bits per heavy atom. The van der Waals surface area contributed by atoms with Gasteiger partial charge in [0.25, 0.3) is 0 Å². The summed E-state index contributed by atoms with van der Waals surface area (Å²) < 4.78 is 2.06. The zero-order chi connectivity index (χ0) is 11.9. The predicted octanol–water partition coefficient (Wildman–Crippen LogP) is 1.19. The van der Waals surface area contributed by atoms with E-state index in [1.54, 1.807) is 6.20 Å². The summed E-state index contributed by atoms with van der Waals surface area (Å²) in [5, 5.41) is 3.42. The minimum Gasteiger partial charge on any atom is -0.338 e. The number of aromatic nitrogens is 3. The summed E-state index contributed by atoms with van der Waals surface area (Å²) in [4.78, 5) is 8.38. The molecule has 0 saturated heterocycles. The molecule has 0 unspecified atom stereocenters. The molecule has 0 aliphatic rings. The fraction of sp³-hybridized carbons (Fsp3) is 0.385. The fourth-order valence-corrected chi connectivity index (χ4v) is 1.74. The Hall–Kier alpha value is -1.68. The van der Waals surface area contributed by atoms with Crippen molar-refractivity contribution in [2.75, 3.05) is 13.1 Å². The van der Waals surface area contributed by atoms with Crippen LogP contribution < -0.4 is 5.32 Å². The summed E-state index contributed by atoms with van der Waals surface area (Å²) in [6.07, 6.45) is 9.53. The Morgan fingerprint density at radius 2 is 2.12 bits per heavy atom. The molecule has 0 atom stereocenters. The maximum Gasteiger partial charge on any atom is 0.109 e. The molecule has 0 bridgehead atoms. The van der Waals surface area contributed by atoms with Crippen molar-refractivity contribution in [2.45, 2.75) is 12.8 Å². The van der Waals surface area contributed by atoms with Gasteiger partial charge < -0.3 is 9.88 Å². The van der Waals surface area contributed by atoms with Crippen molar-refractivity contribution in [1.29, 1.82) is 0 Å². The Bertz CT molecular complexity index is 436. The summed E-state index contributed by atoms with van der Waals surface area (Å²) in [7, 11) is 2.03. The lowest BCUT2D eigenvalue weighted by molar-refractivity contribution is 0.652. The highest BCUT2D eigenvalue weighted by Crippen LogP contribution is 1.96. The molecule has 2 rings (SSSR count). The van der Waals surface area contributed by atoms with Gasteiger partial charge >= 0.3 is 0 Å². The SMILES string of the molecule is Cn1ccnc1CCNCCc1cccnc1. The third-order valence-corrected chi connectivity index (χ3v) is 2.76. The van der Waals surface area contributed by atoms with Crippen LogP contribution in [0, 0.1) is 0 Å². The Morgan fingerprint density at radius 1 is 1.24 bits per heavy atom. The first-order valence-electron chi connectivity index (χ1n) is 5.92. The lowest BCUT2D eigenvalue weighted by Crippen LogP contribution is -2.21. The summed E-state index contributed by atoms with van der Waals surface area (Å²) in [5.74, 6) is 1.12. The number of imidazole rings is 1. The lowest BCUT2D eigenvalue weighted by atomic mass is 10.2. The van der Waals surface area contributed by atoms with Gasteiger partial charge in [-0.3, -0.25) is 4.98 Å². The average molecular weight is 230 g/mol. The monoisotopic (exact) mass is 230 g/mol. The van der Waals surface area contributed by atoms with E-state index in [4.69, 9.17) is 0 Å². The number of pyridine rings is 1. The van der Waals surface area contributed by atoms with Crippen molar-refractivity contribution < 1.29 is 0 Å². The van der Waals surface area contributed by atoms with Crippen molar-refractivity contribution in [3.05, 3.63) is 48.3 Å². The van der Waals surface area contributed by atoms with Gasteiger partial charge in [0, 0.05) is 44.8 Å². The molecule has 0 spiro atoms. The molecule has 2 aromatic heterocycles. The quantitative estimate of drug-likeness (QED) is 0.758. The maximum absolute atomic E-state index is 4.28. The molecule has 4 nitrogen and oxygen atoms in total. The van der Waals surface area contributed by atoms with Gasteiger partial charge in [-0.2, -0.15) is 0 Å². The second-order valence-electron chi connectivity index (χ2n) is 4.07. The molecule has 17 heavy (non-hydrogen) atoms. The van der Waals surface area contributed by atoms with Crippen LogP contribution in [0.2, 0.25) is 0 Å². The van der Waals surface area contributed by atoms with E-state index in [1.807, 2.05) is 31.7 Å². The Balaban J connectivity index is 1.63. The van der Waals surface area contributed by atoms with E-state index in [9.17, 15) is 0 Å². The highest BCUT2D eigenvalue weighted by Gasteiger charge is 1.98. The molecular formula is C13H18N4. The van der Waals surface area contributed by atoms with Crippen molar-refractivity contribution in [2.24, 2.45) is 7.05 Å². The van der Waals surface area contributed by atoms with Crippen LogP contribution in [0.25, 0.3) is 0 Å². The minimum absolute atomic E-state index is 0.963. The summed E-state index contributed by atoms with van der Waals surface area (Å²) in [6, 6.07) is 4.08. The van der Waals surface area contributed by atoms with E-state index < -0.39 is 0 Å². The van der Waals surface area contributed by atoms with Gasteiger partial charge in [-0.05, 0) is 24.6 Å². The zero-order valence-corrected chi connectivity index (χ0v) is 10.1. The van der Waals surface area contributed by atoms with Crippen LogP contribution in [-0.4, -0.2) is 27.6 Å². The molecular weight excluding hydrogens is 212 g/mol. The highest BCUT2D eigenvalue weighted by atomic mass is 15.0. The predicted molar refractivity (Wildman–Crippen MR) is 67.7 cm³/mol. The van der Waals surface area contributed by atoms with E-state index >= 15 is 0 Å². The smallest absolute Gasteiger partial charge is 0.109 e. The Kier molecular flexibility index (Phi) is 4.27. The van der Waals surface area contributed by atoms with Gasteiger partial charge in [-0.15, -0.1) is 0 Å². The molecule has 0 aromatic carbocycles. The number of rotatable bonds is 6. The fourth-order valence-electron chi connectivity index (χ4n) is 1.74. The summed E-state index contributed by atoms with van der Waals surface area (Å²) in [5.41, 5.74) is 1.27. The first-order chi connectivity index (χ1) is 8.36. The second kappa shape index (κ2) is 6.15. The average Bonchev–Trinajstić information content (AvgIpc) is 2.76.